The van der Waals surface area contributed by atoms with Crippen LogP contribution in [0.2, 0.25) is 0 Å². The van der Waals surface area contributed by atoms with Crippen molar-refractivity contribution in [2.24, 2.45) is 0 Å². The highest BCUT2D eigenvalue weighted by Gasteiger charge is 2.08. The van der Waals surface area contributed by atoms with Gasteiger partial charge in [0.2, 0.25) is 11.8 Å². The largest absolute Gasteiger partial charge is 0.495 e. The summed E-state index contributed by atoms with van der Waals surface area (Å²) in [6, 6.07) is 10.7. The normalized spacial score (nSPS) is 10.3. The van der Waals surface area contributed by atoms with Gasteiger partial charge in [-0.25, -0.2) is 0 Å². The minimum absolute atomic E-state index is 0.145. The van der Waals surface area contributed by atoms with Crippen LogP contribution in [-0.2, 0) is 9.59 Å². The van der Waals surface area contributed by atoms with E-state index in [2.05, 4.69) is 53.1 Å². The summed E-state index contributed by atoms with van der Waals surface area (Å²) in [6.45, 7) is 1.37. The van der Waals surface area contributed by atoms with Crippen LogP contribution < -0.4 is 26.0 Å². The number of halogens is 2. The van der Waals surface area contributed by atoms with Gasteiger partial charge in [0.15, 0.2) is 10.2 Å². The summed E-state index contributed by atoms with van der Waals surface area (Å²) >= 11 is 17.0. The number of carbonyl (C=O) groups excluding carboxylic acids is 2. The molecule has 0 fully saturated rings. The third-order valence-corrected chi connectivity index (χ3v) is 5.04. The van der Waals surface area contributed by atoms with E-state index in [1.54, 1.807) is 37.5 Å². The van der Waals surface area contributed by atoms with Gasteiger partial charge < -0.3 is 20.7 Å². The summed E-state index contributed by atoms with van der Waals surface area (Å²) in [5.41, 5.74) is 2.08. The standard InChI is InChI=1S/C20H18Br2N4O3S2/c1-11(27)23-19(30)24-14-4-6-15(7-5-14)25-20(31)26-17(28)8-3-12-9-13(21)10-16(22)18(12)29-2/h3-10H,1-2H3,(H2,23,24,27,30)(H2,25,26,28,31). The third kappa shape index (κ3) is 8.37. The van der Waals surface area contributed by atoms with Crippen molar-refractivity contribution in [3.63, 3.8) is 0 Å². The van der Waals surface area contributed by atoms with Crippen molar-refractivity contribution < 1.29 is 14.3 Å². The lowest BCUT2D eigenvalue weighted by Crippen LogP contribution is -2.33. The number of methoxy groups -OCH3 is 1. The average Bonchev–Trinajstić information content (AvgIpc) is 2.66. The van der Waals surface area contributed by atoms with E-state index in [4.69, 9.17) is 29.2 Å². The molecule has 4 N–H and O–H groups in total. The fourth-order valence-corrected chi connectivity index (χ4v) is 4.26. The molecule has 0 heterocycles. The molecule has 7 nitrogen and oxygen atoms in total. The molecule has 162 valence electrons. The first kappa shape index (κ1) is 24.9. The van der Waals surface area contributed by atoms with E-state index < -0.39 is 5.91 Å². The van der Waals surface area contributed by atoms with Crippen molar-refractivity contribution in [1.29, 1.82) is 0 Å². The van der Waals surface area contributed by atoms with Gasteiger partial charge in [0.05, 0.1) is 11.6 Å². The van der Waals surface area contributed by atoms with Gasteiger partial charge >= 0.3 is 0 Å². The number of carbonyl (C=O) groups is 2. The molecular weight excluding hydrogens is 568 g/mol. The second kappa shape index (κ2) is 11.9. The Bertz CT molecular complexity index is 1040. The molecule has 0 radical (unpaired) electrons. The summed E-state index contributed by atoms with van der Waals surface area (Å²) in [4.78, 5) is 23.2. The molecule has 2 aromatic carbocycles. The third-order valence-electron chi connectivity index (χ3n) is 3.58. The number of thiocarbonyl (C=S) groups is 2. The molecule has 2 amide bonds. The monoisotopic (exact) mass is 584 g/mol. The second-order valence-electron chi connectivity index (χ2n) is 6.00. The van der Waals surface area contributed by atoms with Crippen molar-refractivity contribution in [1.82, 2.24) is 10.6 Å². The molecule has 0 atom stereocenters. The first-order valence-electron chi connectivity index (χ1n) is 8.69. The lowest BCUT2D eigenvalue weighted by molar-refractivity contribution is -0.117. The molecule has 11 heteroatoms. The lowest BCUT2D eigenvalue weighted by Gasteiger charge is -2.11. The maximum Gasteiger partial charge on any atom is 0.250 e. The smallest absolute Gasteiger partial charge is 0.250 e. The van der Waals surface area contributed by atoms with Gasteiger partial charge in [-0.3, -0.25) is 14.9 Å². The zero-order chi connectivity index (χ0) is 23.0. The lowest BCUT2D eigenvalue weighted by atomic mass is 10.2. The summed E-state index contributed by atoms with van der Waals surface area (Å²) in [7, 11) is 1.55. The summed E-state index contributed by atoms with van der Waals surface area (Å²) < 4.78 is 6.96. The van der Waals surface area contributed by atoms with E-state index in [0.29, 0.717) is 17.1 Å². The average molecular weight is 586 g/mol. The minimum atomic E-state index is -0.394. The predicted octanol–water partition coefficient (Wildman–Crippen LogP) is 4.58. The predicted molar refractivity (Wildman–Crippen MR) is 138 cm³/mol. The molecule has 0 aliphatic carbocycles. The Labute approximate surface area is 207 Å². The zero-order valence-corrected chi connectivity index (χ0v) is 21.2. The van der Waals surface area contributed by atoms with Gasteiger partial charge in [0.1, 0.15) is 5.75 Å². The fourth-order valence-electron chi connectivity index (χ4n) is 2.36. The van der Waals surface area contributed by atoms with Gasteiger partial charge in [0, 0.05) is 34.4 Å². The number of anilines is 2. The van der Waals surface area contributed by atoms with Crippen LogP contribution in [0.3, 0.4) is 0 Å². The molecule has 0 aromatic heterocycles. The van der Waals surface area contributed by atoms with E-state index in [1.165, 1.54) is 13.0 Å². The Balaban J connectivity index is 1.92. The van der Waals surface area contributed by atoms with Crippen molar-refractivity contribution in [2.45, 2.75) is 6.92 Å². The maximum absolute atomic E-state index is 12.2. The Morgan fingerprint density at radius 3 is 2.03 bits per heavy atom. The van der Waals surface area contributed by atoms with Crippen LogP contribution >= 0.6 is 56.3 Å². The highest BCUT2D eigenvalue weighted by atomic mass is 79.9. The van der Waals surface area contributed by atoms with Gasteiger partial charge in [-0.1, -0.05) is 15.9 Å². The molecule has 0 unspecified atom stereocenters. The van der Waals surface area contributed by atoms with Gasteiger partial charge in [-0.05, 0) is 82.8 Å². The molecule has 2 aromatic rings. The zero-order valence-electron chi connectivity index (χ0n) is 16.4. The molecule has 0 saturated carbocycles. The van der Waals surface area contributed by atoms with Crippen LogP contribution in [0.1, 0.15) is 12.5 Å². The number of hydrogen-bond acceptors (Lipinski definition) is 5. The molecule has 0 spiro atoms. The topological polar surface area (TPSA) is 91.5 Å². The van der Waals surface area contributed by atoms with E-state index in [-0.39, 0.29) is 16.1 Å². The highest BCUT2D eigenvalue weighted by Crippen LogP contribution is 2.33. The van der Waals surface area contributed by atoms with Crippen LogP contribution in [0.4, 0.5) is 11.4 Å². The Morgan fingerprint density at radius 1 is 0.968 bits per heavy atom. The van der Waals surface area contributed by atoms with E-state index in [9.17, 15) is 9.59 Å². The number of benzene rings is 2. The molecule has 31 heavy (non-hydrogen) atoms. The fraction of sp³-hybridized carbons (Fsp3) is 0.100. The number of nitrogens with one attached hydrogen (secondary N) is 4. The Kier molecular flexibility index (Phi) is 9.56. The first-order chi connectivity index (χ1) is 14.7. The van der Waals surface area contributed by atoms with Gasteiger partial charge in [0.25, 0.3) is 0 Å². The van der Waals surface area contributed by atoms with Crippen LogP contribution in [0, 0.1) is 0 Å². The molecule has 0 aliphatic heterocycles. The van der Waals surface area contributed by atoms with Gasteiger partial charge in [-0.15, -0.1) is 0 Å². The molecule has 2 rings (SSSR count). The van der Waals surface area contributed by atoms with Crippen molar-refractivity contribution in [3.05, 3.63) is 57.0 Å². The second-order valence-corrected chi connectivity index (χ2v) is 8.59. The highest BCUT2D eigenvalue weighted by molar-refractivity contribution is 9.11. The van der Waals surface area contributed by atoms with Crippen LogP contribution in [0.5, 0.6) is 5.75 Å². The molecule has 0 saturated heterocycles. The number of ether oxygens (including phenoxy) is 1. The summed E-state index contributed by atoms with van der Waals surface area (Å²) in [5.74, 6) is -0.0360. The Hall–Kier alpha value is -2.34. The first-order valence-corrected chi connectivity index (χ1v) is 11.1. The van der Waals surface area contributed by atoms with Crippen LogP contribution in [-0.4, -0.2) is 29.1 Å². The molecule has 0 aliphatic rings. The number of rotatable bonds is 5. The van der Waals surface area contributed by atoms with Gasteiger partial charge in [-0.2, -0.15) is 0 Å². The van der Waals surface area contributed by atoms with Crippen LogP contribution in [0.25, 0.3) is 6.08 Å². The van der Waals surface area contributed by atoms with Crippen molar-refractivity contribution in [2.75, 3.05) is 17.7 Å². The van der Waals surface area contributed by atoms with E-state index >= 15 is 0 Å². The minimum Gasteiger partial charge on any atom is -0.495 e. The van der Waals surface area contributed by atoms with E-state index in [0.717, 1.165) is 14.5 Å². The number of hydrogen-bond donors (Lipinski definition) is 4. The molecule has 0 bridgehead atoms. The van der Waals surface area contributed by atoms with Crippen molar-refractivity contribution in [3.8, 4) is 5.75 Å². The van der Waals surface area contributed by atoms with Crippen molar-refractivity contribution >= 4 is 95.8 Å². The number of amides is 2. The maximum atomic E-state index is 12.2. The summed E-state index contributed by atoms with van der Waals surface area (Å²) in [5, 5.41) is 11.2. The van der Waals surface area contributed by atoms with E-state index in [1.807, 2.05) is 12.1 Å². The van der Waals surface area contributed by atoms with Crippen LogP contribution in [0.15, 0.2) is 51.4 Å². The quantitative estimate of drug-likeness (QED) is 0.302. The summed E-state index contributed by atoms with van der Waals surface area (Å²) in [6.07, 6.45) is 2.99. The molecular formula is C20H18Br2N4O3S2. The Morgan fingerprint density at radius 2 is 1.52 bits per heavy atom. The SMILES string of the molecule is COc1c(Br)cc(Br)cc1C=CC(=O)NC(=S)Nc1ccc(NC(=S)NC(C)=O)cc1.